The van der Waals surface area contributed by atoms with Crippen molar-refractivity contribution in [2.75, 3.05) is 12.4 Å². The van der Waals surface area contributed by atoms with Crippen LogP contribution in [0, 0.1) is 0 Å². The molecule has 2 aromatic carbocycles. The van der Waals surface area contributed by atoms with Gasteiger partial charge in [0.15, 0.2) is 11.0 Å². The van der Waals surface area contributed by atoms with Crippen LogP contribution < -0.4 is 15.8 Å². The number of hydrogen-bond acceptors (Lipinski definition) is 6. The topological polar surface area (TPSA) is 112 Å². The highest BCUT2D eigenvalue weighted by atomic mass is 79.9. The smallest absolute Gasteiger partial charge is 0.318 e. The average Bonchev–Trinajstić information content (AvgIpc) is 3.13. The van der Waals surface area contributed by atoms with E-state index in [-0.39, 0.29) is 6.42 Å². The summed E-state index contributed by atoms with van der Waals surface area (Å²) in [5, 5.41) is 11.4. The number of urea groups is 1. The van der Waals surface area contributed by atoms with E-state index in [1.165, 1.54) is 11.8 Å². The summed E-state index contributed by atoms with van der Waals surface area (Å²) in [5.41, 5.74) is 6.74. The fourth-order valence-corrected chi connectivity index (χ4v) is 3.83. The number of carbonyl (C=O) groups excluding carboxylic acids is 2. The predicted octanol–water partition coefficient (Wildman–Crippen LogP) is 3.77. The van der Waals surface area contributed by atoms with Crippen molar-refractivity contribution in [2.24, 2.45) is 5.73 Å². The molecule has 10 heteroatoms. The third kappa shape index (κ3) is 5.61. The predicted molar refractivity (Wildman–Crippen MR) is 119 cm³/mol. The maximum Gasteiger partial charge on any atom is 0.318 e. The van der Waals surface area contributed by atoms with Crippen molar-refractivity contribution in [3.8, 4) is 22.8 Å². The summed E-state index contributed by atoms with van der Waals surface area (Å²) in [7, 11) is 0. The molecule has 0 atom stereocenters. The van der Waals surface area contributed by atoms with Gasteiger partial charge in [-0.25, -0.2) is 4.79 Å². The van der Waals surface area contributed by atoms with Crippen LogP contribution in [0.5, 0.6) is 5.75 Å². The first-order valence-corrected chi connectivity index (χ1v) is 10.9. The number of carbonyl (C=O) groups is 2. The zero-order chi connectivity index (χ0) is 21.5. The molecule has 30 heavy (non-hydrogen) atoms. The number of aromatic nitrogens is 3. The molecule has 3 amide bonds. The van der Waals surface area contributed by atoms with Gasteiger partial charge in [-0.05, 0) is 43.3 Å². The van der Waals surface area contributed by atoms with E-state index < -0.39 is 11.9 Å². The number of hydrogen-bond donors (Lipinski definition) is 2. The van der Waals surface area contributed by atoms with E-state index in [0.717, 1.165) is 21.5 Å². The molecule has 156 valence electrons. The van der Waals surface area contributed by atoms with Crippen molar-refractivity contribution in [1.82, 2.24) is 20.1 Å². The molecule has 0 radical (unpaired) electrons. The van der Waals surface area contributed by atoms with Gasteiger partial charge in [0.05, 0.1) is 6.61 Å². The first kappa shape index (κ1) is 21.8. The van der Waals surface area contributed by atoms with Crippen LogP contribution in [0.3, 0.4) is 0 Å². The molecule has 8 nitrogen and oxygen atoms in total. The highest BCUT2D eigenvalue weighted by Crippen LogP contribution is 2.29. The fourth-order valence-electron chi connectivity index (χ4n) is 2.68. The minimum Gasteiger partial charge on any atom is -0.494 e. The molecule has 0 spiro atoms. The Hall–Kier alpha value is -2.85. The summed E-state index contributed by atoms with van der Waals surface area (Å²) < 4.78 is 8.42. The third-order valence-corrected chi connectivity index (χ3v) is 5.42. The van der Waals surface area contributed by atoms with Crippen LogP contribution in [0.1, 0.15) is 13.3 Å². The zero-order valence-corrected chi connectivity index (χ0v) is 18.6. The molecule has 1 aromatic heterocycles. The first-order chi connectivity index (χ1) is 14.5. The fraction of sp³-hybridized carbons (Fsp3) is 0.200. The number of amides is 3. The van der Waals surface area contributed by atoms with E-state index in [1.54, 1.807) is 0 Å². The monoisotopic (exact) mass is 489 g/mol. The summed E-state index contributed by atoms with van der Waals surface area (Å²) in [6.45, 7) is 2.52. The first-order valence-electron chi connectivity index (χ1n) is 9.14. The summed E-state index contributed by atoms with van der Waals surface area (Å²) >= 11 is 4.81. The Morgan fingerprint density at radius 2 is 1.83 bits per heavy atom. The van der Waals surface area contributed by atoms with E-state index in [0.29, 0.717) is 23.3 Å². The van der Waals surface area contributed by atoms with E-state index in [2.05, 4.69) is 31.4 Å². The largest absolute Gasteiger partial charge is 0.494 e. The van der Waals surface area contributed by atoms with Crippen LogP contribution in [0.4, 0.5) is 4.79 Å². The Balaban J connectivity index is 1.89. The van der Waals surface area contributed by atoms with E-state index >= 15 is 0 Å². The highest BCUT2D eigenvalue weighted by Gasteiger charge is 2.17. The van der Waals surface area contributed by atoms with Gasteiger partial charge in [0.2, 0.25) is 5.91 Å². The molecule has 3 aromatic rings. The third-order valence-electron chi connectivity index (χ3n) is 3.96. The second kappa shape index (κ2) is 10.3. The second-order valence-electron chi connectivity index (χ2n) is 6.09. The lowest BCUT2D eigenvalue weighted by atomic mass is 10.2. The van der Waals surface area contributed by atoms with Crippen LogP contribution >= 0.6 is 27.7 Å². The maximum atomic E-state index is 11.7. The lowest BCUT2D eigenvalue weighted by molar-refractivity contribution is -0.119. The van der Waals surface area contributed by atoms with Crippen molar-refractivity contribution in [3.63, 3.8) is 0 Å². The molecule has 0 aliphatic carbocycles. The number of nitrogens with one attached hydrogen (secondary N) is 1. The molecule has 0 aliphatic rings. The molecule has 0 saturated carbocycles. The summed E-state index contributed by atoms with van der Waals surface area (Å²) in [6.07, 6.45) is 0.122. The number of imide groups is 1. The molecule has 0 bridgehead atoms. The molecule has 0 fully saturated rings. The van der Waals surface area contributed by atoms with Crippen LogP contribution in [0.15, 0.2) is 58.2 Å². The van der Waals surface area contributed by atoms with E-state index in [9.17, 15) is 9.59 Å². The van der Waals surface area contributed by atoms with E-state index in [4.69, 9.17) is 10.5 Å². The second-order valence-corrected chi connectivity index (χ2v) is 8.06. The number of ether oxygens (including phenoxy) is 1. The van der Waals surface area contributed by atoms with Gasteiger partial charge in [0, 0.05) is 27.9 Å². The van der Waals surface area contributed by atoms with Gasteiger partial charge in [-0.1, -0.05) is 39.8 Å². The molecule has 3 N–H and O–H groups in total. The Labute approximate surface area is 186 Å². The summed E-state index contributed by atoms with van der Waals surface area (Å²) in [4.78, 5) is 22.5. The molecular formula is C20H20BrN5O3S. The van der Waals surface area contributed by atoms with Crippen LogP contribution in [0.25, 0.3) is 17.1 Å². The quantitative estimate of drug-likeness (QED) is 0.465. The normalized spacial score (nSPS) is 10.6. The number of rotatable bonds is 8. The van der Waals surface area contributed by atoms with Crippen LogP contribution in [0.2, 0.25) is 0 Å². The lowest BCUT2D eigenvalue weighted by Gasteiger charge is -2.11. The minimum absolute atomic E-state index is 0.122. The van der Waals surface area contributed by atoms with Gasteiger partial charge in [0.1, 0.15) is 5.75 Å². The molecule has 3 rings (SSSR count). The van der Waals surface area contributed by atoms with Gasteiger partial charge in [-0.2, -0.15) is 0 Å². The minimum atomic E-state index is -0.861. The van der Waals surface area contributed by atoms with Gasteiger partial charge in [0.25, 0.3) is 0 Å². The van der Waals surface area contributed by atoms with E-state index in [1.807, 2.05) is 60.0 Å². The van der Waals surface area contributed by atoms with Gasteiger partial charge in [-0.3, -0.25) is 14.7 Å². The van der Waals surface area contributed by atoms with Gasteiger partial charge < -0.3 is 10.5 Å². The number of nitrogens with zero attached hydrogens (tertiary/aromatic N) is 3. The molecule has 1 heterocycles. The van der Waals surface area contributed by atoms with Crippen molar-refractivity contribution in [2.45, 2.75) is 18.5 Å². The Morgan fingerprint density at radius 3 is 2.47 bits per heavy atom. The Bertz CT molecular complexity index is 1020. The maximum absolute atomic E-state index is 11.7. The molecule has 0 unspecified atom stereocenters. The molecular weight excluding hydrogens is 470 g/mol. The lowest BCUT2D eigenvalue weighted by Crippen LogP contribution is -2.35. The summed E-state index contributed by atoms with van der Waals surface area (Å²) in [6, 6.07) is 14.6. The van der Waals surface area contributed by atoms with Crippen molar-refractivity contribution in [1.29, 1.82) is 0 Å². The Kier molecular flexibility index (Phi) is 7.47. The SMILES string of the molecule is CCOc1ccc(-n2c(SCCC(=O)NC(N)=O)nnc2-c2ccc(Br)cc2)cc1. The van der Waals surface area contributed by atoms with Crippen LogP contribution in [-0.4, -0.2) is 39.1 Å². The average molecular weight is 490 g/mol. The van der Waals surface area contributed by atoms with Crippen molar-refractivity contribution in [3.05, 3.63) is 53.0 Å². The number of thioether (sulfide) groups is 1. The standard InChI is InChI=1S/C20H20BrN5O3S/c1-2-29-16-9-7-15(8-10-16)26-18(13-3-5-14(21)6-4-13)24-25-20(26)30-12-11-17(27)23-19(22)28/h3-10H,2,11-12H2,1H3,(H3,22,23,27,28). The molecule has 0 aliphatic heterocycles. The zero-order valence-electron chi connectivity index (χ0n) is 16.2. The number of halogens is 1. The summed E-state index contributed by atoms with van der Waals surface area (Å²) in [5.74, 6) is 1.43. The van der Waals surface area contributed by atoms with Crippen LogP contribution in [-0.2, 0) is 4.79 Å². The Morgan fingerprint density at radius 1 is 1.13 bits per heavy atom. The number of primary amides is 1. The van der Waals surface area contributed by atoms with Gasteiger partial charge >= 0.3 is 6.03 Å². The number of nitrogens with two attached hydrogens (primary N) is 1. The molecule has 0 saturated heterocycles. The number of benzene rings is 2. The highest BCUT2D eigenvalue weighted by molar-refractivity contribution is 9.10. The van der Waals surface area contributed by atoms with Gasteiger partial charge in [-0.15, -0.1) is 10.2 Å². The van der Waals surface area contributed by atoms with Crippen molar-refractivity contribution >= 4 is 39.6 Å². The van der Waals surface area contributed by atoms with Crippen molar-refractivity contribution < 1.29 is 14.3 Å².